The number of carbonyl (C=O) groups is 1. The van der Waals surface area contributed by atoms with Crippen LogP contribution in [-0.4, -0.2) is 46.7 Å². The fourth-order valence-electron chi connectivity index (χ4n) is 0.760. The number of hydrogen-bond acceptors (Lipinski definition) is 3. The normalized spacial score (nSPS) is 15.9. The van der Waals surface area contributed by atoms with Gasteiger partial charge in [0, 0.05) is 4.91 Å². The van der Waals surface area contributed by atoms with Crippen LogP contribution in [0.1, 0.15) is 0 Å². The van der Waals surface area contributed by atoms with Gasteiger partial charge in [-0.25, -0.2) is 4.79 Å². The second-order valence-corrected chi connectivity index (χ2v) is 3.32. The highest BCUT2D eigenvalue weighted by atomic mass is 19.4. The molecule has 3 N–H and O–H groups in total. The lowest BCUT2D eigenvalue weighted by atomic mass is 10.2. The lowest BCUT2D eigenvalue weighted by Crippen LogP contribution is -2.62. The van der Waals surface area contributed by atoms with Gasteiger partial charge in [0.25, 0.3) is 0 Å². The summed E-state index contributed by atoms with van der Waals surface area (Å²) < 4.78 is 126. The van der Waals surface area contributed by atoms with Crippen LogP contribution in [0.15, 0.2) is 5.11 Å². The molecule has 0 saturated heterocycles. The van der Waals surface area contributed by atoms with Crippen molar-refractivity contribution in [1.82, 2.24) is 0 Å². The monoisotopic (exact) mass is 371 g/mol. The number of hydrogen-bond donors (Lipinski definition) is 1. The Balaban J connectivity index is 0. The van der Waals surface area contributed by atoms with Crippen molar-refractivity contribution in [3.05, 3.63) is 10.4 Å². The van der Waals surface area contributed by atoms with Crippen LogP contribution in [0.2, 0.25) is 0 Å². The van der Waals surface area contributed by atoms with Gasteiger partial charge in [0.05, 0.1) is 0 Å². The predicted molar refractivity (Wildman–Crippen MR) is 46.2 cm³/mol. The van der Waals surface area contributed by atoms with E-state index >= 15 is 0 Å². The Labute approximate surface area is 117 Å². The molecule has 17 heteroatoms. The molecule has 0 rings (SSSR count). The molecule has 0 heterocycles. The van der Waals surface area contributed by atoms with Gasteiger partial charge in [-0.3, -0.25) is 4.74 Å². The van der Waals surface area contributed by atoms with Gasteiger partial charge in [-0.15, -0.1) is 0 Å². The number of rotatable bonds is 6. The topological polar surface area (TPSA) is 127 Å². The van der Waals surface area contributed by atoms with Gasteiger partial charge >= 0.3 is 36.1 Å². The van der Waals surface area contributed by atoms with E-state index in [1.807, 2.05) is 4.74 Å². The minimum Gasteiger partial charge on any atom is -0.477 e. The summed E-state index contributed by atoms with van der Waals surface area (Å²) in [5.74, 6) is -17.2. The van der Waals surface area contributed by atoms with E-state index in [4.69, 9.17) is 10.6 Å². The molecule has 0 aromatic rings. The summed E-state index contributed by atoms with van der Waals surface area (Å²) in [6, 6.07) is -6.08. The number of halogens is 10. The van der Waals surface area contributed by atoms with Crippen LogP contribution in [0.3, 0.4) is 0 Å². The van der Waals surface area contributed by atoms with E-state index in [-0.39, 0.29) is 5.48 Å². The second kappa shape index (κ2) is 6.25. The van der Waals surface area contributed by atoms with Gasteiger partial charge in [0.2, 0.25) is 0 Å². The minimum atomic E-state index is -7.24. The second-order valence-electron chi connectivity index (χ2n) is 3.32. The zero-order chi connectivity index (χ0) is 18.2. The summed E-state index contributed by atoms with van der Waals surface area (Å²) in [5.41, 5.74) is 7.58. The van der Waals surface area contributed by atoms with E-state index in [2.05, 4.69) is 0 Å². The lowest BCUT2D eigenvalue weighted by molar-refractivity contribution is -0.465. The lowest BCUT2D eigenvalue weighted by Gasteiger charge is -2.33. The third kappa shape index (κ3) is 3.85. The summed E-state index contributed by atoms with van der Waals surface area (Å²) in [5, 5.41) is 9.09. The first-order chi connectivity index (χ1) is 9.46. The summed E-state index contributed by atoms with van der Waals surface area (Å²) in [6.45, 7) is 0. The van der Waals surface area contributed by atoms with Crippen molar-refractivity contribution in [3.63, 3.8) is 0 Å². The molecule has 0 radical (unpaired) electrons. The maximum absolute atomic E-state index is 13.3. The number of ether oxygens (including phenoxy) is 1. The zero-order valence-electron chi connectivity index (χ0n) is 9.88. The van der Waals surface area contributed by atoms with Crippen molar-refractivity contribution in [1.29, 1.82) is 0 Å². The van der Waals surface area contributed by atoms with E-state index in [1.54, 1.807) is 0 Å². The van der Waals surface area contributed by atoms with Gasteiger partial charge in [-0.2, -0.15) is 43.9 Å². The maximum Gasteiger partial charge on any atom is 0.462 e. The minimum absolute atomic E-state index is 0. The summed E-state index contributed by atoms with van der Waals surface area (Å²) in [4.78, 5) is 11.3. The summed E-state index contributed by atoms with van der Waals surface area (Å²) >= 11 is 0. The highest BCUT2D eigenvalue weighted by Crippen LogP contribution is 2.50. The fourth-order valence-corrected chi connectivity index (χ4v) is 0.760. The van der Waals surface area contributed by atoms with Crippen LogP contribution >= 0.6 is 0 Å². The Morgan fingerprint density at radius 3 is 1.65 bits per heavy atom. The standard InChI is InChI=1S/C6HF10N3O3.H2O/c7-2(1(20)21,5(13,14)18-19-17)22-6(15,16)3(8,9)4(10,11)12;/h(H,20,21);1H2. The van der Waals surface area contributed by atoms with Crippen LogP contribution in [0.5, 0.6) is 0 Å². The average Bonchev–Trinajstić information content (AvgIpc) is 2.25. The molecule has 0 aliphatic carbocycles. The summed E-state index contributed by atoms with van der Waals surface area (Å²) in [7, 11) is 0. The van der Waals surface area contributed by atoms with Crippen molar-refractivity contribution in [2.75, 3.05) is 0 Å². The Hall–Kier alpha value is -2.00. The van der Waals surface area contributed by atoms with Crippen LogP contribution in [0.25, 0.3) is 10.4 Å². The Kier molecular flexibility index (Phi) is 6.32. The smallest absolute Gasteiger partial charge is 0.462 e. The first-order valence-corrected chi connectivity index (χ1v) is 4.35. The SMILES string of the molecule is O.[N-]=[N+]=NC(F)(F)C(F)(OC(F)(F)C(F)(F)C(F)(F)F)C(=O)O. The molecule has 0 aromatic heterocycles. The third-order valence-electron chi connectivity index (χ3n) is 1.82. The van der Waals surface area contributed by atoms with Crippen LogP contribution in [0.4, 0.5) is 43.9 Å². The van der Waals surface area contributed by atoms with Gasteiger partial charge in [0.15, 0.2) is 0 Å². The van der Waals surface area contributed by atoms with E-state index in [0.717, 1.165) is 10.0 Å². The Morgan fingerprint density at radius 2 is 1.39 bits per heavy atom. The highest BCUT2D eigenvalue weighted by molar-refractivity contribution is 5.77. The van der Waals surface area contributed by atoms with E-state index in [0.29, 0.717) is 0 Å². The molecule has 0 aromatic carbocycles. The molecule has 0 fully saturated rings. The fraction of sp³-hybridized carbons (Fsp3) is 0.833. The van der Waals surface area contributed by atoms with Gasteiger partial charge < -0.3 is 10.6 Å². The molecule has 0 amide bonds. The van der Waals surface area contributed by atoms with Crippen LogP contribution in [0, 0.1) is 0 Å². The number of carboxylic acid groups (broad SMARTS) is 1. The number of carboxylic acids is 1. The number of nitrogens with zero attached hydrogens (tertiary/aromatic N) is 3. The number of alkyl halides is 10. The van der Waals surface area contributed by atoms with Crippen molar-refractivity contribution in [3.8, 4) is 0 Å². The predicted octanol–water partition coefficient (Wildman–Crippen LogP) is 2.62. The Bertz CT molecular complexity index is 501. The molecular formula is C6H3F10N3O4. The third-order valence-corrected chi connectivity index (χ3v) is 1.82. The molecule has 23 heavy (non-hydrogen) atoms. The molecule has 7 nitrogen and oxygen atoms in total. The summed E-state index contributed by atoms with van der Waals surface area (Å²) in [6.07, 6.45) is -14.2. The molecule has 0 aliphatic heterocycles. The highest BCUT2D eigenvalue weighted by Gasteiger charge is 2.79. The molecule has 136 valence electrons. The van der Waals surface area contributed by atoms with E-state index in [1.165, 1.54) is 0 Å². The molecule has 1 unspecified atom stereocenters. The molecule has 1 atom stereocenters. The quantitative estimate of drug-likeness (QED) is 0.253. The zero-order valence-corrected chi connectivity index (χ0v) is 9.88. The number of aliphatic carboxylic acids is 1. The van der Waals surface area contributed by atoms with Crippen LogP contribution in [-0.2, 0) is 9.53 Å². The molecule has 0 aliphatic rings. The van der Waals surface area contributed by atoms with Crippen LogP contribution < -0.4 is 0 Å². The van der Waals surface area contributed by atoms with Gasteiger partial charge in [-0.1, -0.05) is 0 Å². The van der Waals surface area contributed by atoms with E-state index < -0.39 is 36.1 Å². The molecule has 0 saturated carbocycles. The van der Waals surface area contributed by atoms with Crippen molar-refractivity contribution >= 4 is 5.97 Å². The largest absolute Gasteiger partial charge is 0.477 e. The van der Waals surface area contributed by atoms with Crippen molar-refractivity contribution < 1.29 is 64.0 Å². The Morgan fingerprint density at radius 1 is 1.00 bits per heavy atom. The van der Waals surface area contributed by atoms with Crippen molar-refractivity contribution in [2.45, 2.75) is 30.1 Å². The van der Waals surface area contributed by atoms with E-state index in [9.17, 15) is 48.7 Å². The van der Waals surface area contributed by atoms with Crippen molar-refractivity contribution in [2.24, 2.45) is 5.11 Å². The first-order valence-electron chi connectivity index (χ1n) is 4.35. The maximum atomic E-state index is 13.3. The van der Waals surface area contributed by atoms with Gasteiger partial charge in [-0.05, 0) is 10.6 Å². The molecule has 0 bridgehead atoms. The average molecular weight is 371 g/mol. The first kappa shape index (κ1) is 23.3. The molecule has 0 spiro atoms. The molecular weight excluding hydrogens is 368 g/mol. The number of azide groups is 1. The van der Waals surface area contributed by atoms with Gasteiger partial charge in [0.1, 0.15) is 0 Å².